The Kier molecular flexibility index (Phi) is 4.18. The van der Waals surface area contributed by atoms with Crippen molar-refractivity contribution in [3.8, 4) is 6.07 Å². The van der Waals surface area contributed by atoms with Gasteiger partial charge in [-0.25, -0.2) is 23.3 Å². The van der Waals surface area contributed by atoms with Crippen LogP contribution in [0.1, 0.15) is 23.9 Å². The molecule has 1 saturated heterocycles. The fourth-order valence-electron chi connectivity index (χ4n) is 3.80. The van der Waals surface area contributed by atoms with Crippen molar-refractivity contribution in [2.24, 2.45) is 0 Å². The predicted octanol–water partition coefficient (Wildman–Crippen LogP) is 2.51. The first kappa shape index (κ1) is 18.5. The predicted molar refractivity (Wildman–Crippen MR) is 104 cm³/mol. The van der Waals surface area contributed by atoms with E-state index in [0.29, 0.717) is 35.4 Å². The van der Waals surface area contributed by atoms with Crippen LogP contribution in [0.5, 0.6) is 0 Å². The summed E-state index contributed by atoms with van der Waals surface area (Å²) in [5.74, 6) is 0.671. The highest BCUT2D eigenvalue weighted by Gasteiger charge is 2.37. The molecule has 1 N–H and O–H groups in total. The average Bonchev–Trinajstić information content (AvgIpc) is 3.28. The fourth-order valence-corrected chi connectivity index (χ4v) is 4.03. The number of fused-ring (bicyclic) bond motifs is 2. The molecule has 1 fully saturated rings. The van der Waals surface area contributed by atoms with Gasteiger partial charge in [0, 0.05) is 18.9 Å². The third-order valence-corrected chi connectivity index (χ3v) is 5.54. The molecule has 4 aromatic rings. The number of nitrogens with zero attached hydrogens (tertiary/aromatic N) is 7. The van der Waals surface area contributed by atoms with Crippen molar-refractivity contribution in [1.29, 1.82) is 5.26 Å². The van der Waals surface area contributed by atoms with E-state index in [1.165, 1.54) is 29.3 Å². The standard InChI is InChI=1S/C18H13ClF2N8O/c19-10-1-4-29-14(10)18(30)28(7-12(20)21)16(26-29)11-2-3-27(11)17-13-9(5-22)6-23-15(13)24-8-25-17/h1,4,6,8,11-12H,2-3,7H2,(H,23,24,25). The van der Waals surface area contributed by atoms with Crippen molar-refractivity contribution in [2.75, 3.05) is 11.4 Å². The van der Waals surface area contributed by atoms with Gasteiger partial charge in [-0.05, 0) is 12.5 Å². The smallest absolute Gasteiger partial charge is 0.279 e. The molecule has 30 heavy (non-hydrogen) atoms. The number of nitrogens with one attached hydrogen (secondary N) is 1. The van der Waals surface area contributed by atoms with Crippen molar-refractivity contribution in [3.63, 3.8) is 0 Å². The van der Waals surface area contributed by atoms with Gasteiger partial charge in [0.15, 0.2) is 5.82 Å². The monoisotopic (exact) mass is 430 g/mol. The zero-order chi connectivity index (χ0) is 21.0. The topological polar surface area (TPSA) is 108 Å². The molecule has 1 atom stereocenters. The lowest BCUT2D eigenvalue weighted by Gasteiger charge is -2.42. The number of halogens is 3. The van der Waals surface area contributed by atoms with E-state index in [4.69, 9.17) is 11.6 Å². The first-order valence-corrected chi connectivity index (χ1v) is 9.42. The second-order valence-electron chi connectivity index (χ2n) is 6.85. The van der Waals surface area contributed by atoms with Gasteiger partial charge in [-0.3, -0.25) is 9.36 Å². The lowest BCUT2D eigenvalue weighted by Crippen LogP contribution is -2.46. The number of hydrogen-bond donors (Lipinski definition) is 1. The highest BCUT2D eigenvalue weighted by molar-refractivity contribution is 6.33. The van der Waals surface area contributed by atoms with Crippen LogP contribution >= 0.6 is 11.6 Å². The summed E-state index contributed by atoms with van der Waals surface area (Å²) in [6.07, 6.45) is 2.25. The van der Waals surface area contributed by atoms with E-state index < -0.39 is 24.6 Å². The van der Waals surface area contributed by atoms with E-state index >= 15 is 0 Å². The van der Waals surface area contributed by atoms with Crippen LogP contribution in [-0.4, -0.2) is 42.1 Å². The van der Waals surface area contributed by atoms with Crippen LogP contribution in [0.4, 0.5) is 14.6 Å². The van der Waals surface area contributed by atoms with E-state index in [0.717, 1.165) is 4.57 Å². The number of hydrogen-bond acceptors (Lipinski definition) is 6. The zero-order valence-electron chi connectivity index (χ0n) is 15.3. The van der Waals surface area contributed by atoms with Crippen LogP contribution < -0.4 is 10.5 Å². The normalized spacial score (nSPS) is 16.4. The molecule has 0 amide bonds. The molecule has 152 valence electrons. The molecule has 9 nitrogen and oxygen atoms in total. The van der Waals surface area contributed by atoms with Crippen LogP contribution in [0.3, 0.4) is 0 Å². The molecule has 5 heterocycles. The Bertz CT molecular complexity index is 1380. The molecule has 5 rings (SSSR count). The molecule has 0 spiro atoms. The second kappa shape index (κ2) is 6.77. The minimum Gasteiger partial charge on any atom is -0.345 e. The van der Waals surface area contributed by atoms with Crippen molar-refractivity contribution in [3.05, 3.63) is 51.6 Å². The SMILES string of the molecule is N#Cc1c[nH]c2ncnc(N3CCC3c3nn4ccc(Cl)c4c(=O)n3CC(F)F)c12. The molecular formula is C18H13ClF2N8O. The summed E-state index contributed by atoms with van der Waals surface area (Å²) in [6, 6.07) is 3.12. The van der Waals surface area contributed by atoms with Crippen LogP contribution in [0.2, 0.25) is 5.02 Å². The number of nitriles is 1. The molecule has 0 aromatic carbocycles. The Labute approximate surface area is 172 Å². The Balaban J connectivity index is 1.68. The molecule has 0 saturated carbocycles. The Hall–Kier alpha value is -3.52. The van der Waals surface area contributed by atoms with Gasteiger partial charge < -0.3 is 9.88 Å². The number of anilines is 1. The quantitative estimate of drug-likeness (QED) is 0.533. The molecule has 1 aliphatic heterocycles. The van der Waals surface area contributed by atoms with Crippen molar-refractivity contribution >= 4 is 34.0 Å². The van der Waals surface area contributed by atoms with Gasteiger partial charge in [-0.2, -0.15) is 10.4 Å². The molecule has 1 unspecified atom stereocenters. The number of aromatic amines is 1. The molecule has 0 bridgehead atoms. The molecule has 4 aromatic heterocycles. The summed E-state index contributed by atoms with van der Waals surface area (Å²) in [4.78, 5) is 26.1. The maximum Gasteiger partial charge on any atom is 0.279 e. The summed E-state index contributed by atoms with van der Waals surface area (Å²) in [7, 11) is 0. The molecule has 0 radical (unpaired) electrons. The van der Waals surface area contributed by atoms with Crippen molar-refractivity contribution in [1.82, 2.24) is 29.1 Å². The molecule has 0 aliphatic carbocycles. The highest BCUT2D eigenvalue weighted by Crippen LogP contribution is 2.39. The highest BCUT2D eigenvalue weighted by atomic mass is 35.5. The fraction of sp³-hybridized carbons (Fsp3) is 0.278. The van der Waals surface area contributed by atoms with Gasteiger partial charge in [-0.1, -0.05) is 11.6 Å². The number of H-pyrrole nitrogens is 1. The van der Waals surface area contributed by atoms with Crippen LogP contribution in [0.15, 0.2) is 29.6 Å². The number of alkyl halides is 2. The summed E-state index contributed by atoms with van der Waals surface area (Å²) < 4.78 is 28.8. The second-order valence-corrected chi connectivity index (χ2v) is 7.26. The first-order valence-electron chi connectivity index (χ1n) is 9.04. The largest absolute Gasteiger partial charge is 0.345 e. The van der Waals surface area contributed by atoms with Gasteiger partial charge in [0.1, 0.15) is 29.4 Å². The minimum absolute atomic E-state index is 0.0498. The Morgan fingerprint density at radius 3 is 2.93 bits per heavy atom. The van der Waals surface area contributed by atoms with E-state index in [2.05, 4.69) is 26.1 Å². The molecule has 12 heteroatoms. The lowest BCUT2D eigenvalue weighted by molar-refractivity contribution is 0.122. The molecular weight excluding hydrogens is 418 g/mol. The Morgan fingerprint density at radius 1 is 1.40 bits per heavy atom. The van der Waals surface area contributed by atoms with Crippen molar-refractivity contribution in [2.45, 2.75) is 25.4 Å². The maximum atomic E-state index is 13.3. The summed E-state index contributed by atoms with van der Waals surface area (Å²) in [5.41, 5.74) is 0.285. The zero-order valence-corrected chi connectivity index (χ0v) is 16.0. The van der Waals surface area contributed by atoms with Gasteiger partial charge in [0.2, 0.25) is 0 Å². The van der Waals surface area contributed by atoms with Gasteiger partial charge in [0.05, 0.1) is 28.6 Å². The summed E-state index contributed by atoms with van der Waals surface area (Å²) in [5, 5.41) is 14.5. The van der Waals surface area contributed by atoms with Gasteiger partial charge in [0.25, 0.3) is 12.0 Å². The third-order valence-electron chi connectivity index (χ3n) is 5.23. The summed E-state index contributed by atoms with van der Waals surface area (Å²) in [6.45, 7) is -0.238. The van der Waals surface area contributed by atoms with Gasteiger partial charge >= 0.3 is 0 Å². The van der Waals surface area contributed by atoms with Gasteiger partial charge in [-0.15, -0.1) is 0 Å². The van der Waals surface area contributed by atoms with Crippen LogP contribution in [0, 0.1) is 11.3 Å². The van der Waals surface area contributed by atoms with E-state index in [1.807, 2.05) is 4.90 Å². The summed E-state index contributed by atoms with van der Waals surface area (Å²) >= 11 is 6.05. The third kappa shape index (κ3) is 2.64. The Morgan fingerprint density at radius 2 is 2.23 bits per heavy atom. The van der Waals surface area contributed by atoms with Crippen LogP contribution in [-0.2, 0) is 6.54 Å². The minimum atomic E-state index is -2.74. The van der Waals surface area contributed by atoms with E-state index in [-0.39, 0.29) is 16.4 Å². The number of rotatable bonds is 4. The maximum absolute atomic E-state index is 13.3. The van der Waals surface area contributed by atoms with Crippen molar-refractivity contribution < 1.29 is 8.78 Å². The first-order chi connectivity index (χ1) is 14.5. The van der Waals surface area contributed by atoms with E-state index in [9.17, 15) is 18.8 Å². The molecule has 1 aliphatic rings. The van der Waals surface area contributed by atoms with E-state index in [1.54, 1.807) is 0 Å². The number of aromatic nitrogens is 6. The average molecular weight is 431 g/mol. The lowest BCUT2D eigenvalue weighted by atomic mass is 10.0. The van der Waals surface area contributed by atoms with Crippen LogP contribution in [0.25, 0.3) is 16.6 Å².